The van der Waals surface area contributed by atoms with Crippen LogP contribution in [0.15, 0.2) is 30.3 Å². The lowest BCUT2D eigenvalue weighted by atomic mass is 9.95. The van der Waals surface area contributed by atoms with Crippen LogP contribution in [0.3, 0.4) is 0 Å². The Balaban J connectivity index is 1.53. The molecule has 2 saturated carbocycles. The smallest absolute Gasteiger partial charge is 0.169 e. The summed E-state index contributed by atoms with van der Waals surface area (Å²) in [6, 6.07) is 11.1. The van der Waals surface area contributed by atoms with E-state index in [1.54, 1.807) is 0 Å². The molecule has 0 aromatic heterocycles. The van der Waals surface area contributed by atoms with Crippen LogP contribution in [0.4, 0.5) is 0 Å². The Morgan fingerprint density at radius 1 is 1.26 bits per heavy atom. The first-order valence-corrected chi connectivity index (χ1v) is 7.69. The van der Waals surface area contributed by atoms with Crippen LogP contribution in [-0.4, -0.2) is 23.1 Å². The molecule has 2 nitrogen and oxygen atoms in total. The molecule has 1 aromatic carbocycles. The molecule has 2 aliphatic rings. The second-order valence-electron chi connectivity index (χ2n) is 6.07. The zero-order valence-corrected chi connectivity index (χ0v) is 12.3. The van der Waals surface area contributed by atoms with E-state index in [9.17, 15) is 0 Å². The Kier molecular flexibility index (Phi) is 3.74. The van der Waals surface area contributed by atoms with Crippen LogP contribution in [0.1, 0.15) is 31.2 Å². The van der Waals surface area contributed by atoms with Crippen LogP contribution in [0.2, 0.25) is 0 Å². The van der Waals surface area contributed by atoms with E-state index in [0.29, 0.717) is 6.04 Å². The van der Waals surface area contributed by atoms with Crippen LogP contribution in [-0.2, 0) is 6.54 Å². The molecule has 0 amide bonds. The van der Waals surface area contributed by atoms with Crippen molar-refractivity contribution in [3.8, 4) is 0 Å². The van der Waals surface area contributed by atoms with Gasteiger partial charge in [-0.3, -0.25) is 0 Å². The van der Waals surface area contributed by atoms with E-state index >= 15 is 0 Å². The van der Waals surface area contributed by atoms with Crippen LogP contribution >= 0.6 is 12.2 Å². The van der Waals surface area contributed by atoms with E-state index in [-0.39, 0.29) is 0 Å². The highest BCUT2D eigenvalue weighted by Crippen LogP contribution is 2.44. The van der Waals surface area contributed by atoms with Crippen LogP contribution in [0.5, 0.6) is 0 Å². The van der Waals surface area contributed by atoms with Crippen LogP contribution in [0.25, 0.3) is 0 Å². The van der Waals surface area contributed by atoms with Gasteiger partial charge in [-0.05, 0) is 48.9 Å². The molecule has 0 heterocycles. The molecule has 1 N–H and O–H groups in total. The quantitative estimate of drug-likeness (QED) is 0.852. The second-order valence-corrected chi connectivity index (χ2v) is 6.46. The van der Waals surface area contributed by atoms with Gasteiger partial charge < -0.3 is 10.2 Å². The highest BCUT2D eigenvalue weighted by molar-refractivity contribution is 7.80. The summed E-state index contributed by atoms with van der Waals surface area (Å²) in [5.41, 5.74) is 1.31. The SMILES string of the molecule is CN(Cc1ccccc1)C(=S)N[C@@H]1C[C@@H]2CC[C@@H]1C2. The number of benzene rings is 1. The number of thiocarbonyl (C=S) groups is 1. The maximum absolute atomic E-state index is 5.54. The summed E-state index contributed by atoms with van der Waals surface area (Å²) in [7, 11) is 2.08. The third-order valence-electron chi connectivity index (χ3n) is 4.66. The van der Waals surface area contributed by atoms with Crippen molar-refractivity contribution in [2.45, 2.75) is 38.3 Å². The van der Waals surface area contributed by atoms with E-state index in [4.69, 9.17) is 12.2 Å². The zero-order valence-electron chi connectivity index (χ0n) is 11.5. The minimum Gasteiger partial charge on any atom is -0.360 e. The van der Waals surface area contributed by atoms with Crippen molar-refractivity contribution < 1.29 is 0 Å². The van der Waals surface area contributed by atoms with E-state index < -0.39 is 0 Å². The highest BCUT2D eigenvalue weighted by atomic mass is 32.1. The molecular weight excluding hydrogens is 252 g/mol. The Morgan fingerprint density at radius 2 is 2.05 bits per heavy atom. The summed E-state index contributed by atoms with van der Waals surface area (Å²) in [5, 5.41) is 4.49. The maximum atomic E-state index is 5.54. The number of hydrogen-bond donors (Lipinski definition) is 1. The summed E-state index contributed by atoms with van der Waals surface area (Å²) >= 11 is 5.54. The first-order chi connectivity index (χ1) is 9.22. The van der Waals surface area contributed by atoms with E-state index in [1.165, 1.54) is 31.2 Å². The molecule has 0 saturated heterocycles. The van der Waals surface area contributed by atoms with Gasteiger partial charge in [0.25, 0.3) is 0 Å². The van der Waals surface area contributed by atoms with Gasteiger partial charge in [-0.1, -0.05) is 36.8 Å². The summed E-state index contributed by atoms with van der Waals surface area (Å²) in [5.74, 6) is 1.83. The molecule has 0 radical (unpaired) electrons. The molecule has 2 bridgehead atoms. The predicted octanol–water partition coefficient (Wildman–Crippen LogP) is 3.18. The monoisotopic (exact) mass is 274 g/mol. The first-order valence-electron chi connectivity index (χ1n) is 7.28. The maximum Gasteiger partial charge on any atom is 0.169 e. The molecule has 0 unspecified atom stereocenters. The van der Waals surface area contributed by atoms with Crippen LogP contribution in [0, 0.1) is 11.8 Å². The van der Waals surface area contributed by atoms with Crippen molar-refractivity contribution in [3.05, 3.63) is 35.9 Å². The predicted molar refractivity (Wildman–Crippen MR) is 82.9 cm³/mol. The number of nitrogens with one attached hydrogen (secondary N) is 1. The van der Waals surface area contributed by atoms with Crippen molar-refractivity contribution in [1.29, 1.82) is 0 Å². The molecule has 0 spiro atoms. The summed E-state index contributed by atoms with van der Waals surface area (Å²) in [6.07, 6.45) is 5.58. The lowest BCUT2D eigenvalue weighted by Gasteiger charge is -2.28. The minimum atomic E-state index is 0.629. The molecule has 102 valence electrons. The molecule has 19 heavy (non-hydrogen) atoms. The average molecular weight is 274 g/mol. The lowest BCUT2D eigenvalue weighted by Crippen LogP contribution is -2.44. The van der Waals surface area contributed by atoms with E-state index in [0.717, 1.165) is 23.5 Å². The second kappa shape index (κ2) is 5.49. The Morgan fingerprint density at radius 3 is 2.68 bits per heavy atom. The van der Waals surface area contributed by atoms with Gasteiger partial charge >= 0.3 is 0 Å². The fourth-order valence-electron chi connectivity index (χ4n) is 3.62. The van der Waals surface area contributed by atoms with Gasteiger partial charge in [-0.25, -0.2) is 0 Å². The first kappa shape index (κ1) is 12.9. The fraction of sp³-hybridized carbons (Fsp3) is 0.562. The Labute approximate surface area is 121 Å². The van der Waals surface area contributed by atoms with Crippen molar-refractivity contribution in [1.82, 2.24) is 10.2 Å². The van der Waals surface area contributed by atoms with Crippen molar-refractivity contribution in [2.24, 2.45) is 11.8 Å². The van der Waals surface area contributed by atoms with Crippen molar-refractivity contribution in [3.63, 3.8) is 0 Å². The standard InChI is InChI=1S/C16H22N2S/c1-18(11-12-5-3-2-4-6-12)16(19)17-15-10-13-7-8-14(15)9-13/h2-6,13-15H,7-11H2,1H3,(H,17,19)/t13-,14-,15-/m1/s1. The molecule has 2 aliphatic carbocycles. The average Bonchev–Trinajstić information content (AvgIpc) is 3.02. The van der Waals surface area contributed by atoms with Gasteiger partial charge in [0.1, 0.15) is 0 Å². The summed E-state index contributed by atoms with van der Waals surface area (Å²) < 4.78 is 0. The van der Waals surface area contributed by atoms with Crippen LogP contribution < -0.4 is 5.32 Å². The molecule has 1 aromatic rings. The Hall–Kier alpha value is -1.09. The number of fused-ring (bicyclic) bond motifs is 2. The van der Waals surface area contributed by atoms with Gasteiger partial charge in [0.05, 0.1) is 0 Å². The largest absolute Gasteiger partial charge is 0.360 e. The zero-order chi connectivity index (χ0) is 13.2. The van der Waals surface area contributed by atoms with Crippen molar-refractivity contribution >= 4 is 17.3 Å². The number of hydrogen-bond acceptors (Lipinski definition) is 1. The topological polar surface area (TPSA) is 15.3 Å². The normalized spacial score (nSPS) is 28.4. The molecule has 3 atom stereocenters. The number of rotatable bonds is 3. The van der Waals surface area contributed by atoms with Gasteiger partial charge in [0.2, 0.25) is 0 Å². The van der Waals surface area contributed by atoms with E-state index in [1.807, 2.05) is 0 Å². The fourth-order valence-corrected chi connectivity index (χ4v) is 3.84. The molecule has 0 aliphatic heterocycles. The molecule has 3 rings (SSSR count). The lowest BCUT2D eigenvalue weighted by molar-refractivity contribution is 0.373. The van der Waals surface area contributed by atoms with Gasteiger partial charge in [-0.2, -0.15) is 0 Å². The van der Waals surface area contributed by atoms with Gasteiger partial charge in [-0.15, -0.1) is 0 Å². The summed E-state index contributed by atoms with van der Waals surface area (Å²) in [4.78, 5) is 2.15. The third kappa shape index (κ3) is 2.92. The van der Waals surface area contributed by atoms with E-state index in [2.05, 4.69) is 47.6 Å². The van der Waals surface area contributed by atoms with Gasteiger partial charge in [0, 0.05) is 19.6 Å². The molecule has 2 fully saturated rings. The van der Waals surface area contributed by atoms with Crippen molar-refractivity contribution in [2.75, 3.05) is 7.05 Å². The minimum absolute atomic E-state index is 0.629. The third-order valence-corrected chi connectivity index (χ3v) is 5.09. The number of nitrogens with zero attached hydrogens (tertiary/aromatic N) is 1. The highest BCUT2D eigenvalue weighted by Gasteiger charge is 2.39. The molecule has 3 heteroatoms. The Bertz CT molecular complexity index is 445. The molecular formula is C16H22N2S. The van der Waals surface area contributed by atoms with Gasteiger partial charge in [0.15, 0.2) is 5.11 Å². The summed E-state index contributed by atoms with van der Waals surface area (Å²) in [6.45, 7) is 0.882.